The molecule has 240 valence electrons. The highest BCUT2D eigenvalue weighted by molar-refractivity contribution is 7.28. The first-order valence-electron chi connectivity index (χ1n) is 15.1. The second kappa shape index (κ2) is 14.3. The molecule has 0 saturated carbocycles. The van der Waals surface area contributed by atoms with Gasteiger partial charge < -0.3 is 43.9 Å². The van der Waals surface area contributed by atoms with Crippen LogP contribution in [0.25, 0.3) is 0 Å². The fourth-order valence-corrected chi connectivity index (χ4v) is 5.76. The summed E-state index contributed by atoms with van der Waals surface area (Å²) in [7, 11) is 2.37. The summed E-state index contributed by atoms with van der Waals surface area (Å²) in [6.07, 6.45) is 14.5. The highest BCUT2D eigenvalue weighted by Crippen LogP contribution is 2.48. The number of ether oxygens (including phenoxy) is 2. The van der Waals surface area contributed by atoms with Gasteiger partial charge in [-0.15, -0.1) is 9.24 Å². The lowest BCUT2D eigenvalue weighted by Crippen LogP contribution is -2.37. The van der Waals surface area contributed by atoms with Gasteiger partial charge in [0, 0.05) is 16.4 Å². The lowest BCUT2D eigenvalue weighted by atomic mass is 9.86. The molecule has 0 aromatic heterocycles. The Bertz CT molecular complexity index is 1500. The number of fused-ring (bicyclic) bond motifs is 1. The molecule has 3 rings (SSSR count). The van der Waals surface area contributed by atoms with Crippen LogP contribution >= 0.6 is 9.24 Å². The number of esters is 1. The van der Waals surface area contributed by atoms with E-state index >= 15 is 0 Å². The summed E-state index contributed by atoms with van der Waals surface area (Å²) in [5.74, 6) is -0.130. The molecule has 0 amide bonds. The minimum atomic E-state index is -0.828. The summed E-state index contributed by atoms with van der Waals surface area (Å²) in [5.41, 5.74) is 43.0. The number of hydrogen-bond acceptors (Lipinski definition) is 9. The Hall–Kier alpha value is -3.84. The molecule has 0 radical (unpaired) electrons. The average molecular weight is 623 g/mol. The van der Waals surface area contributed by atoms with Crippen molar-refractivity contribution in [3.8, 4) is 11.5 Å². The lowest BCUT2D eigenvalue weighted by Gasteiger charge is -2.38. The van der Waals surface area contributed by atoms with E-state index in [0.29, 0.717) is 23.0 Å². The minimum Gasteiger partial charge on any atom is -0.487 e. The van der Waals surface area contributed by atoms with Gasteiger partial charge in [-0.3, -0.25) is 0 Å². The van der Waals surface area contributed by atoms with Crippen LogP contribution in [0.5, 0.6) is 11.5 Å². The molecule has 2 atom stereocenters. The van der Waals surface area contributed by atoms with Crippen molar-refractivity contribution in [2.45, 2.75) is 98.5 Å². The van der Waals surface area contributed by atoms with Gasteiger partial charge in [0.1, 0.15) is 16.9 Å². The molecule has 0 aliphatic carbocycles. The summed E-state index contributed by atoms with van der Waals surface area (Å²) in [6.45, 7) is 12.6. The van der Waals surface area contributed by atoms with Crippen LogP contribution in [-0.4, -0.2) is 11.6 Å². The fraction of sp³-hybridized carbons (Fsp3) is 0.441. The lowest BCUT2D eigenvalue weighted by molar-refractivity contribution is 0.0562. The van der Waals surface area contributed by atoms with Crippen molar-refractivity contribution < 1.29 is 14.3 Å². The first-order valence-corrected chi connectivity index (χ1v) is 15.7. The number of benzene rings is 2. The largest absolute Gasteiger partial charge is 0.487 e. The summed E-state index contributed by atoms with van der Waals surface area (Å²) in [4.78, 5) is 13.3. The Labute approximate surface area is 264 Å². The van der Waals surface area contributed by atoms with Gasteiger partial charge in [-0.1, -0.05) is 34.9 Å². The van der Waals surface area contributed by atoms with E-state index in [0.717, 1.165) is 50.5 Å². The van der Waals surface area contributed by atoms with Crippen molar-refractivity contribution in [3.05, 3.63) is 51.6 Å². The highest BCUT2D eigenvalue weighted by Gasteiger charge is 2.35. The van der Waals surface area contributed by atoms with E-state index in [2.05, 4.69) is 62.1 Å². The minimum absolute atomic E-state index is 0.0501. The van der Waals surface area contributed by atoms with Gasteiger partial charge in [0.05, 0.1) is 34.1 Å². The van der Waals surface area contributed by atoms with Crippen molar-refractivity contribution in [1.29, 1.82) is 0 Å². The van der Waals surface area contributed by atoms with Crippen molar-refractivity contribution in [2.24, 2.45) is 0 Å². The number of allylic oxidation sites excluding steroid dienone is 6. The van der Waals surface area contributed by atoms with E-state index in [1.54, 1.807) is 0 Å². The van der Waals surface area contributed by atoms with Crippen LogP contribution < -0.4 is 49.2 Å². The molecule has 1 aliphatic rings. The molecule has 2 aromatic rings. The highest BCUT2D eigenvalue weighted by atomic mass is 31.0. The molecule has 2 aromatic carbocycles. The molecule has 0 fully saturated rings. The zero-order valence-corrected chi connectivity index (χ0v) is 28.3. The van der Waals surface area contributed by atoms with Crippen LogP contribution in [0.1, 0.15) is 101 Å². The molecule has 0 saturated heterocycles. The number of carbonyl (C=O) groups is 1. The van der Waals surface area contributed by atoms with E-state index in [4.69, 9.17) is 43.9 Å². The second-order valence-corrected chi connectivity index (χ2v) is 13.0. The fourth-order valence-electron chi connectivity index (χ4n) is 5.46. The molecule has 0 spiro atoms. The topological polar surface area (TPSA) is 192 Å². The van der Waals surface area contributed by atoms with Gasteiger partial charge in [0.15, 0.2) is 5.75 Å². The molecule has 9 nitrogen and oxygen atoms in total. The predicted molar refractivity (Wildman–Crippen MR) is 190 cm³/mol. The Morgan fingerprint density at radius 2 is 1.43 bits per heavy atom. The quantitative estimate of drug-likeness (QED) is 0.0534. The maximum atomic E-state index is 13.3. The van der Waals surface area contributed by atoms with Gasteiger partial charge in [0.25, 0.3) is 0 Å². The standard InChI is InChI=1S/C34H51N6O3P/c1-18(2)10-7-11-19(3)12-8-13-20(4)14-9-16-34(6)17-15-22-25(36)31(24(35)21(5)30(22)43-34)42-33(41)23-26(37)28(39)29(40)32(44)27(23)38/h10,12,14H,7-9,11,13,15-17,35-40,44H2,1-6H3/b19-12+,20-14+/t34-/m1/s1. The second-order valence-electron chi connectivity index (χ2n) is 12.5. The molecule has 1 heterocycles. The molecule has 1 aliphatic heterocycles. The number of nitrogens with two attached hydrogens (primary N) is 6. The zero-order chi connectivity index (χ0) is 32.9. The predicted octanol–water partition coefficient (Wildman–Crippen LogP) is 6.49. The first kappa shape index (κ1) is 34.6. The van der Waals surface area contributed by atoms with E-state index in [1.165, 1.54) is 16.7 Å². The smallest absolute Gasteiger partial charge is 0.348 e. The molecule has 0 bridgehead atoms. The third-order valence-corrected chi connectivity index (χ3v) is 9.09. The van der Waals surface area contributed by atoms with Crippen LogP contribution in [0.4, 0.5) is 34.1 Å². The van der Waals surface area contributed by atoms with Crippen molar-refractivity contribution in [3.63, 3.8) is 0 Å². The Kier molecular flexibility index (Phi) is 11.3. The van der Waals surface area contributed by atoms with Crippen LogP contribution in [0.3, 0.4) is 0 Å². The van der Waals surface area contributed by atoms with Gasteiger partial charge in [-0.05, 0) is 92.9 Å². The SMILES string of the molecule is CC(C)=CCC/C(C)=C/CC/C(C)=C/CC[C@]1(C)CCc2c(N)c(OC(=O)c3c(N)c(N)c(N)c(P)c3N)c(N)c(C)c2O1. The van der Waals surface area contributed by atoms with Crippen LogP contribution in [0, 0.1) is 6.92 Å². The number of anilines is 6. The number of carbonyl (C=O) groups excluding carboxylic acids is 1. The Balaban J connectivity index is 1.70. The normalized spacial score (nSPS) is 16.7. The average Bonchev–Trinajstić information content (AvgIpc) is 2.96. The van der Waals surface area contributed by atoms with Crippen LogP contribution in [-0.2, 0) is 6.42 Å². The van der Waals surface area contributed by atoms with Gasteiger partial charge in [-0.2, -0.15) is 0 Å². The first-order chi connectivity index (χ1) is 20.6. The van der Waals surface area contributed by atoms with Crippen molar-refractivity contribution in [2.75, 3.05) is 34.4 Å². The van der Waals surface area contributed by atoms with Crippen molar-refractivity contribution in [1.82, 2.24) is 0 Å². The van der Waals surface area contributed by atoms with Gasteiger partial charge in [-0.25, -0.2) is 4.79 Å². The molecular formula is C34H51N6O3P. The molecule has 10 heteroatoms. The molecule has 44 heavy (non-hydrogen) atoms. The summed E-state index contributed by atoms with van der Waals surface area (Å²) >= 11 is 0. The summed E-state index contributed by atoms with van der Waals surface area (Å²) in [6, 6.07) is 0. The summed E-state index contributed by atoms with van der Waals surface area (Å²) < 4.78 is 12.3. The van der Waals surface area contributed by atoms with E-state index in [-0.39, 0.29) is 51.0 Å². The molecule has 1 unspecified atom stereocenters. The van der Waals surface area contributed by atoms with Crippen LogP contribution in [0.2, 0.25) is 0 Å². The van der Waals surface area contributed by atoms with Crippen molar-refractivity contribution >= 4 is 54.6 Å². The number of nitrogen functional groups attached to an aromatic ring is 6. The Morgan fingerprint density at radius 3 is 2.05 bits per heavy atom. The van der Waals surface area contributed by atoms with Gasteiger partial charge in [0.2, 0.25) is 0 Å². The van der Waals surface area contributed by atoms with Gasteiger partial charge >= 0.3 is 5.97 Å². The monoisotopic (exact) mass is 622 g/mol. The zero-order valence-electron chi connectivity index (χ0n) is 27.2. The van der Waals surface area contributed by atoms with E-state index in [9.17, 15) is 4.79 Å². The maximum Gasteiger partial charge on any atom is 0.348 e. The summed E-state index contributed by atoms with van der Waals surface area (Å²) in [5, 5.41) is 0.363. The third-order valence-electron chi connectivity index (χ3n) is 8.47. The molecule has 12 N–H and O–H groups in total. The molecular weight excluding hydrogens is 571 g/mol. The number of rotatable bonds is 11. The van der Waals surface area contributed by atoms with E-state index < -0.39 is 5.97 Å². The van der Waals surface area contributed by atoms with Crippen LogP contribution in [0.15, 0.2) is 34.9 Å². The maximum absolute atomic E-state index is 13.3. The third kappa shape index (κ3) is 7.81. The van der Waals surface area contributed by atoms with E-state index in [1.807, 2.05) is 6.92 Å². The number of hydrogen-bond donors (Lipinski definition) is 6. The Morgan fingerprint density at radius 1 is 0.841 bits per heavy atom.